The van der Waals surface area contributed by atoms with Crippen molar-refractivity contribution in [2.24, 2.45) is 11.8 Å². The van der Waals surface area contributed by atoms with E-state index < -0.39 is 51.2 Å². The minimum absolute atomic E-state index is 0.101. The Hall–Kier alpha value is -0.151. The van der Waals surface area contributed by atoms with Gasteiger partial charge in [-0.05, 0) is 0 Å². The van der Waals surface area contributed by atoms with E-state index in [0.717, 1.165) is 6.42 Å². The van der Waals surface area contributed by atoms with Gasteiger partial charge in [-0.2, -0.15) is 0 Å². The van der Waals surface area contributed by atoms with Crippen molar-refractivity contribution < 1.29 is 27.5 Å². The van der Waals surface area contributed by atoms with E-state index in [4.69, 9.17) is 14.2 Å². The van der Waals surface area contributed by atoms with E-state index in [1.54, 1.807) is 10.3 Å². The van der Waals surface area contributed by atoms with Gasteiger partial charge in [-0.1, -0.05) is 0 Å². The van der Waals surface area contributed by atoms with Crippen molar-refractivity contribution in [2.75, 3.05) is 0 Å². The third-order valence-electron chi connectivity index (χ3n) is 4.63. The molecule has 5 unspecified atom stereocenters. The molecule has 130 valence electrons. The molecule has 6 nitrogen and oxygen atoms in total. The molecule has 2 rings (SSSR count). The van der Waals surface area contributed by atoms with E-state index >= 15 is 0 Å². The molecule has 8 atom stereocenters. The SMILES string of the molecule is CCC1O[C@@H](O[C@H]2C(C)C=COC2CC)C(O)C([CH]=[Sn]=[O])[C@H]1O. The van der Waals surface area contributed by atoms with Crippen molar-refractivity contribution in [3.63, 3.8) is 0 Å². The van der Waals surface area contributed by atoms with Crippen LogP contribution in [0.4, 0.5) is 0 Å². The fraction of sp³-hybridized carbons (Fsp3) is 0.812. The Morgan fingerprint density at radius 1 is 1.22 bits per heavy atom. The van der Waals surface area contributed by atoms with Gasteiger partial charge >= 0.3 is 147 Å². The molecule has 0 aromatic rings. The fourth-order valence-corrected chi connectivity index (χ4v) is 4.76. The summed E-state index contributed by atoms with van der Waals surface area (Å²) < 4.78 is 30.1. The predicted molar refractivity (Wildman–Crippen MR) is 85.3 cm³/mol. The number of hydrogen-bond acceptors (Lipinski definition) is 6. The Bertz CT molecular complexity index is 463. The molecule has 0 bridgehead atoms. The van der Waals surface area contributed by atoms with Gasteiger partial charge in [0.05, 0.1) is 0 Å². The van der Waals surface area contributed by atoms with Crippen LogP contribution < -0.4 is 0 Å². The van der Waals surface area contributed by atoms with Crippen molar-refractivity contribution in [1.29, 1.82) is 0 Å². The number of hydrogen-bond donors (Lipinski definition) is 2. The molecule has 0 aromatic heterocycles. The Kier molecular flexibility index (Phi) is 7.34. The van der Waals surface area contributed by atoms with Crippen molar-refractivity contribution in [3.8, 4) is 0 Å². The molecule has 2 aliphatic rings. The second-order valence-corrected chi connectivity index (χ2v) is 7.79. The van der Waals surface area contributed by atoms with Crippen LogP contribution in [0.2, 0.25) is 0 Å². The number of aliphatic hydroxyl groups is 2. The molecule has 2 aliphatic heterocycles. The second-order valence-electron chi connectivity index (χ2n) is 6.17. The minimum atomic E-state index is -1.91. The van der Waals surface area contributed by atoms with Crippen LogP contribution in [0.25, 0.3) is 0 Å². The molecule has 23 heavy (non-hydrogen) atoms. The summed E-state index contributed by atoms with van der Waals surface area (Å²) in [6.07, 6.45) is 1.48. The second kappa shape index (κ2) is 8.80. The van der Waals surface area contributed by atoms with Crippen LogP contribution in [0.5, 0.6) is 0 Å². The summed E-state index contributed by atoms with van der Waals surface area (Å²) >= 11 is -1.91. The number of ether oxygens (including phenoxy) is 3. The van der Waals surface area contributed by atoms with Gasteiger partial charge in [0, 0.05) is 0 Å². The van der Waals surface area contributed by atoms with Gasteiger partial charge in [0.1, 0.15) is 0 Å². The molecule has 0 aliphatic carbocycles. The first kappa shape index (κ1) is 19.2. The standard InChI is InChI=1S/C16H26O5.O.Sn/c1-5-11-13(17)10(4)14(18)16(20-11)21-15-9(3)7-8-19-12(15)6-2;;/h4,7-18H,5-6H2,1-3H3;;/t9?,10?,11?,12?,13-,14?,15+,16+;;/m1../s1. The molecule has 2 N–H and O–H groups in total. The first-order chi connectivity index (χ1) is 11.0. The van der Waals surface area contributed by atoms with Crippen LogP contribution in [-0.2, 0) is 17.3 Å². The van der Waals surface area contributed by atoms with E-state index in [1.807, 2.05) is 26.8 Å². The monoisotopic (exact) mass is 434 g/mol. The topological polar surface area (TPSA) is 85.2 Å². The quantitative estimate of drug-likeness (QED) is 0.620. The summed E-state index contributed by atoms with van der Waals surface area (Å²) in [5, 5.41) is 20.8. The molecule has 2 heterocycles. The average Bonchev–Trinajstić information content (AvgIpc) is 2.55. The molecular formula is C16H26O6Sn. The van der Waals surface area contributed by atoms with Gasteiger partial charge in [0.15, 0.2) is 0 Å². The Morgan fingerprint density at radius 2 is 1.91 bits per heavy atom. The molecule has 0 amide bonds. The molecule has 7 heteroatoms. The third kappa shape index (κ3) is 4.28. The third-order valence-corrected chi connectivity index (χ3v) is 6.12. The van der Waals surface area contributed by atoms with Gasteiger partial charge in [-0.25, -0.2) is 0 Å². The summed E-state index contributed by atoms with van der Waals surface area (Å²) in [7, 11) is 0. The van der Waals surface area contributed by atoms with Gasteiger partial charge < -0.3 is 0 Å². The Morgan fingerprint density at radius 3 is 2.52 bits per heavy atom. The van der Waals surface area contributed by atoms with Gasteiger partial charge in [-0.15, -0.1) is 0 Å². The summed E-state index contributed by atoms with van der Waals surface area (Å²) in [4.78, 5) is 0. The average molecular weight is 433 g/mol. The normalized spacial score (nSPS) is 43.5. The van der Waals surface area contributed by atoms with Crippen LogP contribution in [0.15, 0.2) is 12.3 Å². The summed E-state index contributed by atoms with van der Waals surface area (Å²) in [6.45, 7) is 5.95. The van der Waals surface area contributed by atoms with E-state index in [2.05, 4.69) is 0 Å². The molecule has 0 saturated carbocycles. The van der Waals surface area contributed by atoms with Crippen LogP contribution >= 0.6 is 0 Å². The van der Waals surface area contributed by atoms with Crippen LogP contribution in [0.3, 0.4) is 0 Å². The van der Waals surface area contributed by atoms with Crippen LogP contribution in [0, 0.1) is 11.8 Å². The zero-order chi connectivity index (χ0) is 17.0. The van der Waals surface area contributed by atoms with Gasteiger partial charge in [0.25, 0.3) is 0 Å². The van der Waals surface area contributed by atoms with Crippen LogP contribution in [-0.4, -0.2) is 71.7 Å². The van der Waals surface area contributed by atoms with E-state index in [9.17, 15) is 13.3 Å². The zero-order valence-corrected chi connectivity index (χ0v) is 16.6. The molecule has 1 fully saturated rings. The zero-order valence-electron chi connectivity index (χ0n) is 13.8. The Balaban J connectivity index is 2.16. The number of aliphatic hydroxyl groups excluding tert-OH is 2. The molecule has 1 saturated heterocycles. The van der Waals surface area contributed by atoms with E-state index in [0.29, 0.717) is 6.42 Å². The first-order valence-electron chi connectivity index (χ1n) is 8.23. The molecule has 0 aromatic carbocycles. The van der Waals surface area contributed by atoms with Crippen molar-refractivity contribution in [3.05, 3.63) is 12.3 Å². The van der Waals surface area contributed by atoms with Crippen molar-refractivity contribution in [2.45, 2.75) is 70.4 Å². The number of rotatable bonds is 5. The maximum absolute atomic E-state index is 11.1. The summed E-state index contributed by atoms with van der Waals surface area (Å²) in [6, 6.07) is 0. The van der Waals surface area contributed by atoms with Crippen molar-refractivity contribution in [1.82, 2.24) is 0 Å². The van der Waals surface area contributed by atoms with E-state index in [-0.39, 0.29) is 18.1 Å². The molecule has 0 radical (unpaired) electrons. The van der Waals surface area contributed by atoms with Crippen LogP contribution in [0.1, 0.15) is 33.6 Å². The Labute approximate surface area is 146 Å². The molecular weight excluding hydrogens is 407 g/mol. The predicted octanol–water partition coefficient (Wildman–Crippen LogP) is 0.655. The first-order valence-corrected chi connectivity index (χ1v) is 11.0. The molecule has 0 spiro atoms. The maximum atomic E-state index is 11.1. The van der Waals surface area contributed by atoms with E-state index in [1.165, 1.54) is 0 Å². The fourth-order valence-electron chi connectivity index (χ4n) is 3.18. The van der Waals surface area contributed by atoms with Gasteiger partial charge in [-0.3, -0.25) is 0 Å². The summed E-state index contributed by atoms with van der Waals surface area (Å²) in [5.74, 6) is -0.437. The van der Waals surface area contributed by atoms with Gasteiger partial charge in [0.2, 0.25) is 0 Å². The summed E-state index contributed by atoms with van der Waals surface area (Å²) in [5.41, 5.74) is 0. The van der Waals surface area contributed by atoms with Crippen molar-refractivity contribution >= 4 is 24.7 Å².